The highest BCUT2D eigenvalue weighted by Crippen LogP contribution is 2.15. The topological polar surface area (TPSA) is 58.6 Å². The van der Waals surface area contributed by atoms with Crippen LogP contribution in [0.2, 0.25) is 0 Å². The minimum Gasteiger partial charge on any atom is -0.484 e. The van der Waals surface area contributed by atoms with E-state index in [1.165, 1.54) is 0 Å². The summed E-state index contributed by atoms with van der Waals surface area (Å²) in [5.74, 6) is 0.489. The van der Waals surface area contributed by atoms with Crippen molar-refractivity contribution in [1.29, 1.82) is 0 Å². The van der Waals surface area contributed by atoms with Crippen LogP contribution in [0.5, 0.6) is 5.75 Å². The number of halogens is 1. The molecule has 0 aliphatic heterocycles. The van der Waals surface area contributed by atoms with Crippen LogP contribution in [0.15, 0.2) is 28.7 Å². The first-order valence-corrected chi connectivity index (χ1v) is 6.61. The Bertz CT molecular complexity index is 380. The summed E-state index contributed by atoms with van der Waals surface area (Å²) in [6.07, 6.45) is 0. The normalized spacial score (nSPS) is 13.8. The van der Waals surface area contributed by atoms with Gasteiger partial charge in [-0.05, 0) is 37.1 Å². The highest BCUT2D eigenvalue weighted by Gasteiger charge is 2.13. The minimum absolute atomic E-state index is 0.0237. The lowest BCUT2D eigenvalue weighted by Crippen LogP contribution is -2.40. The van der Waals surface area contributed by atoms with Crippen LogP contribution in [-0.4, -0.2) is 30.3 Å². The van der Waals surface area contributed by atoms with Gasteiger partial charge in [-0.2, -0.15) is 0 Å². The van der Waals surface area contributed by atoms with Crippen molar-refractivity contribution >= 4 is 21.8 Å². The summed E-state index contributed by atoms with van der Waals surface area (Å²) in [6, 6.07) is 7.21. The fourth-order valence-corrected chi connectivity index (χ4v) is 1.54. The fraction of sp³-hybridized carbons (Fsp3) is 0.462. The number of aliphatic hydroxyl groups excluding tert-OH is 1. The molecule has 5 heteroatoms. The molecule has 0 heterocycles. The molecule has 0 fully saturated rings. The first-order chi connectivity index (χ1) is 8.52. The number of aliphatic hydroxyl groups is 1. The van der Waals surface area contributed by atoms with E-state index in [2.05, 4.69) is 21.2 Å². The Kier molecular flexibility index (Phi) is 6.15. The zero-order chi connectivity index (χ0) is 13.5. The van der Waals surface area contributed by atoms with Crippen LogP contribution < -0.4 is 10.1 Å². The smallest absolute Gasteiger partial charge is 0.258 e. The van der Waals surface area contributed by atoms with E-state index in [0.29, 0.717) is 5.75 Å². The fourth-order valence-electron chi connectivity index (χ4n) is 1.28. The van der Waals surface area contributed by atoms with Gasteiger partial charge in [-0.1, -0.05) is 22.9 Å². The third kappa shape index (κ3) is 5.06. The molecule has 1 rings (SSSR count). The average molecular weight is 316 g/mol. The summed E-state index contributed by atoms with van der Waals surface area (Å²) in [5, 5.41) is 11.7. The van der Waals surface area contributed by atoms with E-state index < -0.39 is 0 Å². The Balaban J connectivity index is 2.35. The molecule has 0 saturated heterocycles. The summed E-state index contributed by atoms with van der Waals surface area (Å²) >= 11 is 3.32. The highest BCUT2D eigenvalue weighted by molar-refractivity contribution is 9.10. The second-order valence-corrected chi connectivity index (χ2v) is 5.17. The molecule has 1 aromatic rings. The molecule has 0 spiro atoms. The van der Waals surface area contributed by atoms with Gasteiger partial charge in [-0.3, -0.25) is 4.79 Å². The van der Waals surface area contributed by atoms with Gasteiger partial charge in [0.05, 0.1) is 0 Å². The van der Waals surface area contributed by atoms with Crippen molar-refractivity contribution in [3.05, 3.63) is 28.7 Å². The number of ether oxygens (including phenoxy) is 1. The Hall–Kier alpha value is -1.07. The molecule has 4 nitrogen and oxygen atoms in total. The lowest BCUT2D eigenvalue weighted by Gasteiger charge is -2.19. The van der Waals surface area contributed by atoms with Crippen molar-refractivity contribution in [2.75, 3.05) is 13.2 Å². The van der Waals surface area contributed by atoms with Crippen molar-refractivity contribution in [3.8, 4) is 5.75 Å². The number of amides is 1. The molecule has 100 valence electrons. The predicted octanol–water partition coefficient (Wildman–Crippen LogP) is 1.96. The monoisotopic (exact) mass is 315 g/mol. The molecule has 0 saturated carbocycles. The van der Waals surface area contributed by atoms with Crippen molar-refractivity contribution in [2.45, 2.75) is 19.9 Å². The maximum Gasteiger partial charge on any atom is 0.258 e. The van der Waals surface area contributed by atoms with Crippen LogP contribution >= 0.6 is 15.9 Å². The number of nitrogens with one attached hydrogen (secondary N) is 1. The molecule has 0 aliphatic rings. The Morgan fingerprint density at radius 2 is 2.00 bits per heavy atom. The zero-order valence-electron chi connectivity index (χ0n) is 10.5. The van der Waals surface area contributed by atoms with Crippen molar-refractivity contribution in [1.82, 2.24) is 5.32 Å². The Morgan fingerprint density at radius 1 is 1.39 bits per heavy atom. The van der Waals surface area contributed by atoms with Gasteiger partial charge in [-0.15, -0.1) is 0 Å². The lowest BCUT2D eigenvalue weighted by atomic mass is 10.1. The van der Waals surface area contributed by atoms with Gasteiger partial charge in [0.25, 0.3) is 5.91 Å². The van der Waals surface area contributed by atoms with Gasteiger partial charge < -0.3 is 15.2 Å². The average Bonchev–Trinajstić information content (AvgIpc) is 2.37. The highest BCUT2D eigenvalue weighted by atomic mass is 79.9. The number of hydrogen-bond acceptors (Lipinski definition) is 3. The predicted molar refractivity (Wildman–Crippen MR) is 73.5 cm³/mol. The summed E-state index contributed by atoms with van der Waals surface area (Å²) in [7, 11) is 0. The Labute approximate surface area is 115 Å². The van der Waals surface area contributed by atoms with Gasteiger partial charge in [0.2, 0.25) is 0 Å². The van der Waals surface area contributed by atoms with Gasteiger partial charge in [0.15, 0.2) is 6.61 Å². The molecule has 2 N–H and O–H groups in total. The second kappa shape index (κ2) is 7.38. The molecular weight excluding hydrogens is 298 g/mol. The molecule has 1 aromatic carbocycles. The number of carbonyl (C=O) groups is 1. The third-order valence-electron chi connectivity index (χ3n) is 2.71. The first kappa shape index (κ1) is 15.0. The largest absolute Gasteiger partial charge is 0.484 e. The SMILES string of the molecule is CC(CO)C(C)NC(=O)COc1ccc(Br)cc1. The quantitative estimate of drug-likeness (QED) is 0.843. The first-order valence-electron chi connectivity index (χ1n) is 5.81. The van der Waals surface area contributed by atoms with Crippen LogP contribution in [0.1, 0.15) is 13.8 Å². The van der Waals surface area contributed by atoms with E-state index in [4.69, 9.17) is 9.84 Å². The van der Waals surface area contributed by atoms with Crippen LogP contribution in [0.25, 0.3) is 0 Å². The standard InChI is InChI=1S/C13H18BrNO3/c1-9(7-16)10(2)15-13(17)8-18-12-5-3-11(14)4-6-12/h3-6,9-10,16H,7-8H2,1-2H3,(H,15,17). The van der Waals surface area contributed by atoms with Crippen LogP contribution in [0.4, 0.5) is 0 Å². The molecule has 2 unspecified atom stereocenters. The van der Waals surface area contributed by atoms with Crippen LogP contribution in [-0.2, 0) is 4.79 Å². The molecule has 0 bridgehead atoms. The summed E-state index contributed by atoms with van der Waals surface area (Å²) in [4.78, 5) is 11.6. The van der Waals surface area contributed by atoms with E-state index in [0.717, 1.165) is 4.47 Å². The zero-order valence-corrected chi connectivity index (χ0v) is 12.1. The summed E-state index contributed by atoms with van der Waals surface area (Å²) in [6.45, 7) is 3.76. The van der Waals surface area contributed by atoms with E-state index in [1.54, 1.807) is 12.1 Å². The molecule has 2 atom stereocenters. The molecular formula is C13H18BrNO3. The van der Waals surface area contributed by atoms with Crippen molar-refractivity contribution in [2.24, 2.45) is 5.92 Å². The third-order valence-corrected chi connectivity index (χ3v) is 3.24. The maximum absolute atomic E-state index is 11.6. The van der Waals surface area contributed by atoms with E-state index in [9.17, 15) is 4.79 Å². The van der Waals surface area contributed by atoms with Crippen LogP contribution in [0, 0.1) is 5.92 Å². The van der Waals surface area contributed by atoms with E-state index in [1.807, 2.05) is 26.0 Å². The molecule has 0 aliphatic carbocycles. The van der Waals surface area contributed by atoms with Gasteiger partial charge in [0.1, 0.15) is 5.75 Å². The maximum atomic E-state index is 11.6. The molecule has 18 heavy (non-hydrogen) atoms. The van der Waals surface area contributed by atoms with Gasteiger partial charge >= 0.3 is 0 Å². The molecule has 1 amide bonds. The number of hydrogen-bond donors (Lipinski definition) is 2. The minimum atomic E-state index is -0.189. The Morgan fingerprint density at radius 3 is 2.56 bits per heavy atom. The summed E-state index contributed by atoms with van der Waals surface area (Å²) in [5.41, 5.74) is 0. The number of rotatable bonds is 6. The molecule has 0 radical (unpaired) electrons. The summed E-state index contributed by atoms with van der Waals surface area (Å²) < 4.78 is 6.30. The van der Waals surface area contributed by atoms with Crippen LogP contribution in [0.3, 0.4) is 0 Å². The lowest BCUT2D eigenvalue weighted by molar-refractivity contribution is -0.124. The second-order valence-electron chi connectivity index (χ2n) is 4.26. The van der Waals surface area contributed by atoms with E-state index >= 15 is 0 Å². The van der Waals surface area contributed by atoms with Crippen molar-refractivity contribution < 1.29 is 14.6 Å². The van der Waals surface area contributed by atoms with E-state index in [-0.39, 0.29) is 31.1 Å². The number of carbonyl (C=O) groups excluding carboxylic acids is 1. The van der Waals surface area contributed by atoms with Gasteiger partial charge in [0, 0.05) is 17.1 Å². The van der Waals surface area contributed by atoms with Gasteiger partial charge in [-0.25, -0.2) is 0 Å². The number of benzene rings is 1. The molecule has 0 aromatic heterocycles. The van der Waals surface area contributed by atoms with Crippen molar-refractivity contribution in [3.63, 3.8) is 0 Å².